The quantitative estimate of drug-likeness (QED) is 0.778. The molecule has 0 aliphatic carbocycles. The highest BCUT2D eigenvalue weighted by molar-refractivity contribution is 5.67. The molecule has 24 heavy (non-hydrogen) atoms. The van der Waals surface area contributed by atoms with Gasteiger partial charge in [-0.2, -0.15) is 0 Å². The number of rotatable bonds is 7. The molecule has 4 nitrogen and oxygen atoms in total. The van der Waals surface area contributed by atoms with Crippen molar-refractivity contribution in [2.75, 3.05) is 20.3 Å². The van der Waals surface area contributed by atoms with Crippen LogP contribution in [0.2, 0.25) is 0 Å². The van der Waals surface area contributed by atoms with Crippen LogP contribution in [-0.4, -0.2) is 31.8 Å². The Labute approximate surface area is 137 Å². The summed E-state index contributed by atoms with van der Waals surface area (Å²) < 4.78 is 52.0. The molecular formula is C17H17F3O4. The second-order valence-corrected chi connectivity index (χ2v) is 4.91. The van der Waals surface area contributed by atoms with Crippen molar-refractivity contribution >= 4 is 0 Å². The van der Waals surface area contributed by atoms with Crippen LogP contribution in [0.5, 0.6) is 11.5 Å². The Hall–Kier alpha value is -2.25. The van der Waals surface area contributed by atoms with Crippen molar-refractivity contribution in [2.45, 2.75) is 13.0 Å². The maximum atomic E-state index is 12.6. The van der Waals surface area contributed by atoms with E-state index in [0.717, 1.165) is 0 Å². The molecule has 0 bridgehead atoms. The predicted octanol–water partition coefficient (Wildman–Crippen LogP) is 3.77. The first kappa shape index (κ1) is 18.1. The molecule has 0 spiro atoms. The highest BCUT2D eigenvalue weighted by Gasteiger charge is 2.32. The molecule has 0 unspecified atom stereocenters. The standard InChI is InChI=1S/C17H17F3O4/c1-22-8-9-23-15-7-6-14(10-16(15)24-17(18,19)20)13-4-2-12(11-21)3-5-13/h2-7,10,21H,8-9,11H2,1H3. The van der Waals surface area contributed by atoms with Crippen LogP contribution >= 0.6 is 0 Å². The molecule has 0 atom stereocenters. The number of methoxy groups -OCH3 is 1. The van der Waals surface area contributed by atoms with Crippen LogP contribution in [0.3, 0.4) is 0 Å². The van der Waals surface area contributed by atoms with Crippen molar-refractivity contribution in [1.29, 1.82) is 0 Å². The van der Waals surface area contributed by atoms with E-state index in [9.17, 15) is 13.2 Å². The molecule has 2 aromatic rings. The van der Waals surface area contributed by atoms with Gasteiger partial charge in [-0.25, -0.2) is 0 Å². The summed E-state index contributed by atoms with van der Waals surface area (Å²) in [6.07, 6.45) is -4.82. The predicted molar refractivity (Wildman–Crippen MR) is 81.9 cm³/mol. The van der Waals surface area contributed by atoms with Crippen molar-refractivity contribution in [3.05, 3.63) is 48.0 Å². The van der Waals surface area contributed by atoms with Crippen molar-refractivity contribution in [1.82, 2.24) is 0 Å². The van der Waals surface area contributed by atoms with Crippen LogP contribution in [0, 0.1) is 0 Å². The zero-order chi connectivity index (χ0) is 17.6. The van der Waals surface area contributed by atoms with Crippen molar-refractivity contribution in [2.24, 2.45) is 0 Å². The number of alkyl halides is 3. The van der Waals surface area contributed by atoms with Crippen LogP contribution in [-0.2, 0) is 11.3 Å². The van der Waals surface area contributed by atoms with Crippen molar-refractivity contribution in [3.8, 4) is 22.6 Å². The van der Waals surface area contributed by atoms with Crippen LogP contribution in [0.15, 0.2) is 42.5 Å². The molecule has 0 saturated carbocycles. The molecule has 130 valence electrons. The fourth-order valence-electron chi connectivity index (χ4n) is 2.05. The van der Waals surface area contributed by atoms with E-state index in [1.54, 1.807) is 30.3 Å². The van der Waals surface area contributed by atoms with Gasteiger partial charge in [-0.1, -0.05) is 30.3 Å². The summed E-state index contributed by atoms with van der Waals surface area (Å²) >= 11 is 0. The largest absolute Gasteiger partial charge is 0.573 e. The summed E-state index contributed by atoms with van der Waals surface area (Å²) in [5.41, 5.74) is 1.95. The second kappa shape index (κ2) is 8.03. The fraction of sp³-hybridized carbons (Fsp3) is 0.294. The zero-order valence-electron chi connectivity index (χ0n) is 13.0. The first-order valence-electron chi connectivity index (χ1n) is 7.14. The van der Waals surface area contributed by atoms with E-state index in [2.05, 4.69) is 4.74 Å². The van der Waals surface area contributed by atoms with Crippen LogP contribution in [0.4, 0.5) is 13.2 Å². The minimum absolute atomic E-state index is 0.0138. The molecule has 0 aromatic heterocycles. The Morgan fingerprint density at radius 1 is 0.917 bits per heavy atom. The number of hydrogen-bond acceptors (Lipinski definition) is 4. The van der Waals surface area contributed by atoms with Gasteiger partial charge in [0.1, 0.15) is 6.61 Å². The molecule has 0 aliphatic heterocycles. The normalized spacial score (nSPS) is 11.4. The van der Waals surface area contributed by atoms with E-state index < -0.39 is 12.1 Å². The Morgan fingerprint density at radius 2 is 1.58 bits per heavy atom. The third-order valence-corrected chi connectivity index (χ3v) is 3.18. The van der Waals surface area contributed by atoms with Gasteiger partial charge in [-0.05, 0) is 28.8 Å². The summed E-state index contributed by atoms with van der Waals surface area (Å²) in [6, 6.07) is 11.1. The maximum Gasteiger partial charge on any atom is 0.573 e. The van der Waals surface area contributed by atoms with Gasteiger partial charge in [0, 0.05) is 7.11 Å². The number of hydrogen-bond donors (Lipinski definition) is 1. The minimum atomic E-state index is -4.82. The van der Waals surface area contributed by atoms with Gasteiger partial charge in [0.15, 0.2) is 11.5 Å². The Morgan fingerprint density at radius 3 is 2.17 bits per heavy atom. The number of ether oxygens (including phenoxy) is 3. The second-order valence-electron chi connectivity index (χ2n) is 4.91. The molecule has 0 amide bonds. The van der Waals surface area contributed by atoms with Crippen LogP contribution < -0.4 is 9.47 Å². The molecule has 2 rings (SSSR count). The van der Waals surface area contributed by atoms with E-state index in [0.29, 0.717) is 16.7 Å². The summed E-state index contributed by atoms with van der Waals surface area (Å²) in [4.78, 5) is 0. The summed E-state index contributed by atoms with van der Waals surface area (Å²) in [7, 11) is 1.47. The highest BCUT2D eigenvalue weighted by Crippen LogP contribution is 2.36. The topological polar surface area (TPSA) is 47.9 Å². The van der Waals surface area contributed by atoms with Gasteiger partial charge < -0.3 is 19.3 Å². The third kappa shape index (κ3) is 5.14. The van der Waals surface area contributed by atoms with Gasteiger partial charge in [-0.15, -0.1) is 13.2 Å². The van der Waals surface area contributed by atoms with E-state index in [1.165, 1.54) is 19.2 Å². The summed E-state index contributed by atoms with van der Waals surface area (Å²) in [5, 5.41) is 9.04. The van der Waals surface area contributed by atoms with Crippen molar-refractivity contribution in [3.63, 3.8) is 0 Å². The SMILES string of the molecule is COCCOc1ccc(-c2ccc(CO)cc2)cc1OC(F)(F)F. The Bertz CT molecular complexity index is 654. The van der Waals surface area contributed by atoms with Gasteiger partial charge in [0.05, 0.1) is 13.2 Å². The van der Waals surface area contributed by atoms with Gasteiger partial charge in [0.25, 0.3) is 0 Å². The molecule has 0 radical (unpaired) electrons. The lowest BCUT2D eigenvalue weighted by Gasteiger charge is -2.15. The lowest BCUT2D eigenvalue weighted by molar-refractivity contribution is -0.275. The highest BCUT2D eigenvalue weighted by atomic mass is 19.4. The summed E-state index contributed by atoms with van der Waals surface area (Å²) in [5.74, 6) is -0.428. The zero-order valence-corrected chi connectivity index (χ0v) is 13.0. The molecular weight excluding hydrogens is 325 g/mol. The number of aliphatic hydroxyl groups is 1. The molecule has 0 heterocycles. The van der Waals surface area contributed by atoms with E-state index in [1.807, 2.05) is 0 Å². The third-order valence-electron chi connectivity index (χ3n) is 3.18. The van der Waals surface area contributed by atoms with E-state index in [4.69, 9.17) is 14.6 Å². The number of aliphatic hydroxyl groups excluding tert-OH is 1. The minimum Gasteiger partial charge on any atom is -0.487 e. The molecule has 0 fully saturated rings. The molecule has 0 saturated heterocycles. The molecule has 2 aromatic carbocycles. The van der Waals surface area contributed by atoms with Gasteiger partial charge in [0.2, 0.25) is 0 Å². The first-order valence-corrected chi connectivity index (χ1v) is 7.14. The average molecular weight is 342 g/mol. The van der Waals surface area contributed by atoms with E-state index >= 15 is 0 Å². The maximum absolute atomic E-state index is 12.6. The Kier molecular flexibility index (Phi) is 6.05. The van der Waals surface area contributed by atoms with E-state index in [-0.39, 0.29) is 25.6 Å². The van der Waals surface area contributed by atoms with Crippen LogP contribution in [0.1, 0.15) is 5.56 Å². The monoisotopic (exact) mass is 342 g/mol. The number of halogens is 3. The Balaban J connectivity index is 2.30. The molecule has 1 N–H and O–H groups in total. The summed E-state index contributed by atoms with van der Waals surface area (Å²) in [6.45, 7) is 0.250. The lowest BCUT2D eigenvalue weighted by atomic mass is 10.0. The molecule has 0 aliphatic rings. The van der Waals surface area contributed by atoms with Crippen molar-refractivity contribution < 1.29 is 32.5 Å². The van der Waals surface area contributed by atoms with Crippen LogP contribution in [0.25, 0.3) is 11.1 Å². The van der Waals surface area contributed by atoms with Gasteiger partial charge in [-0.3, -0.25) is 0 Å². The van der Waals surface area contributed by atoms with Gasteiger partial charge >= 0.3 is 6.36 Å². The number of benzene rings is 2. The lowest BCUT2D eigenvalue weighted by Crippen LogP contribution is -2.18. The fourth-order valence-corrected chi connectivity index (χ4v) is 2.05. The smallest absolute Gasteiger partial charge is 0.487 e. The molecule has 7 heteroatoms. The average Bonchev–Trinajstić information content (AvgIpc) is 2.55. The first-order chi connectivity index (χ1) is 11.4.